The molecule has 0 aromatic carbocycles. The van der Waals surface area contributed by atoms with Crippen molar-refractivity contribution in [2.75, 3.05) is 12.3 Å². The van der Waals surface area contributed by atoms with Gasteiger partial charge in [0.05, 0.1) is 12.7 Å². The molecule has 6 N–H and O–H groups in total. The summed E-state index contributed by atoms with van der Waals surface area (Å²) in [6, 6.07) is 1.23. The van der Waals surface area contributed by atoms with E-state index in [1.54, 1.807) is 0 Å². The minimum Gasteiger partial charge on any atom is -0.383 e. The van der Waals surface area contributed by atoms with E-state index in [1.165, 1.54) is 13.0 Å². The summed E-state index contributed by atoms with van der Waals surface area (Å²) >= 11 is 0. The maximum atomic E-state index is 15.2. The Morgan fingerprint density at radius 3 is 2.40 bits per heavy atom. The van der Waals surface area contributed by atoms with Gasteiger partial charge in [0.15, 0.2) is 11.9 Å². The van der Waals surface area contributed by atoms with Crippen molar-refractivity contribution >= 4 is 29.3 Å². The second kappa shape index (κ2) is 8.49. The molecule has 0 aliphatic carbocycles. The van der Waals surface area contributed by atoms with E-state index in [9.17, 15) is 23.4 Å². The van der Waals surface area contributed by atoms with Gasteiger partial charge in [-0.05, 0) is 13.0 Å². The molecule has 1 fully saturated rings. The second-order valence-corrected chi connectivity index (χ2v) is 10.8. The van der Waals surface area contributed by atoms with E-state index in [4.69, 9.17) is 25.2 Å². The number of hydrogen-bond donors (Lipinski definition) is 5. The van der Waals surface area contributed by atoms with Gasteiger partial charge in [0, 0.05) is 12.1 Å². The number of phosphoric ester groups is 1. The van der Waals surface area contributed by atoms with Crippen molar-refractivity contribution in [1.82, 2.24) is 9.55 Å². The summed E-state index contributed by atoms with van der Waals surface area (Å²) in [6.07, 6.45) is -1.62. The average Bonchev–Trinajstić information content (AvgIpc) is 2.73. The Morgan fingerprint density at radius 1 is 1.27 bits per heavy atom. The Balaban J connectivity index is 2.12. The number of rotatable bonds is 8. The van der Waals surface area contributed by atoms with Crippen LogP contribution in [0.1, 0.15) is 20.1 Å². The standard InChI is InChI=1S/C11H19FN3O12P3/c1-6-7(5-24-29(20,21)27-30(22,23)26-28(17,18)19)25-9(11(6,2)12)15-4-3-8(13)14-10(15)16/h3-4,6-7,9H,5H2,1-2H3,(H,20,21)(H,22,23)(H2,13,14,16)(H2,17,18,19)/t6?,7-,9-,11?/m1/s1. The average molecular weight is 497 g/mol. The fraction of sp³-hybridized carbons (Fsp3) is 0.636. The fourth-order valence-electron chi connectivity index (χ4n) is 2.60. The minimum absolute atomic E-state index is 0.105. The predicted octanol–water partition coefficient (Wildman–Crippen LogP) is 0.430. The van der Waals surface area contributed by atoms with Crippen LogP contribution in [0.2, 0.25) is 0 Å². The van der Waals surface area contributed by atoms with Gasteiger partial charge in [-0.2, -0.15) is 13.6 Å². The zero-order valence-corrected chi connectivity index (χ0v) is 18.0. The van der Waals surface area contributed by atoms with Crippen molar-refractivity contribution in [3.8, 4) is 0 Å². The number of aromatic nitrogens is 2. The van der Waals surface area contributed by atoms with Crippen LogP contribution in [0.25, 0.3) is 0 Å². The highest BCUT2D eigenvalue weighted by molar-refractivity contribution is 7.66. The molecule has 4 unspecified atom stereocenters. The zero-order valence-electron chi connectivity index (χ0n) is 15.3. The maximum Gasteiger partial charge on any atom is 0.490 e. The third-order valence-corrected chi connectivity index (χ3v) is 7.96. The topological polar surface area (TPSA) is 230 Å². The van der Waals surface area contributed by atoms with Crippen molar-refractivity contribution in [2.24, 2.45) is 5.92 Å². The van der Waals surface area contributed by atoms with E-state index in [2.05, 4.69) is 18.1 Å². The molecular formula is C11H19FN3O12P3. The maximum absolute atomic E-state index is 15.2. The molecule has 0 radical (unpaired) electrons. The second-order valence-electron chi connectivity index (χ2n) is 6.40. The van der Waals surface area contributed by atoms with Crippen LogP contribution in [0.3, 0.4) is 0 Å². The van der Waals surface area contributed by atoms with Crippen molar-refractivity contribution in [1.29, 1.82) is 0 Å². The minimum atomic E-state index is -5.69. The first kappa shape index (κ1) is 25.2. The SMILES string of the molecule is CC1[C@@H](COP(=O)(O)OP(=O)(O)OP(=O)(O)O)O[C@@H](n2ccc(N)nc2=O)C1(C)F. The molecule has 172 valence electrons. The Labute approximate surface area is 168 Å². The molecule has 1 aliphatic rings. The molecule has 2 heterocycles. The van der Waals surface area contributed by atoms with Gasteiger partial charge in [0.25, 0.3) is 0 Å². The van der Waals surface area contributed by atoms with Crippen LogP contribution in [0.15, 0.2) is 17.1 Å². The van der Waals surface area contributed by atoms with Gasteiger partial charge in [0.1, 0.15) is 5.82 Å². The van der Waals surface area contributed by atoms with Crippen LogP contribution in [0, 0.1) is 5.92 Å². The normalized spacial score (nSPS) is 31.2. The summed E-state index contributed by atoms with van der Waals surface area (Å²) in [5.74, 6) is -1.13. The number of alkyl halides is 1. The summed E-state index contributed by atoms with van der Waals surface area (Å²) in [4.78, 5) is 51.0. The van der Waals surface area contributed by atoms with Gasteiger partial charge in [-0.15, -0.1) is 0 Å². The molecule has 0 amide bonds. The van der Waals surface area contributed by atoms with Crippen molar-refractivity contribution in [3.63, 3.8) is 0 Å². The van der Waals surface area contributed by atoms with Gasteiger partial charge < -0.3 is 30.0 Å². The number of halogens is 1. The molecule has 2 rings (SSSR count). The summed E-state index contributed by atoms with van der Waals surface area (Å²) in [5, 5.41) is 0. The number of hydrogen-bond acceptors (Lipinski definition) is 10. The van der Waals surface area contributed by atoms with Crippen molar-refractivity contribution in [2.45, 2.75) is 31.8 Å². The van der Waals surface area contributed by atoms with E-state index < -0.39 is 59.7 Å². The van der Waals surface area contributed by atoms with E-state index in [0.717, 1.165) is 17.7 Å². The first-order chi connectivity index (χ1) is 13.4. The molecular weight excluding hydrogens is 478 g/mol. The van der Waals surface area contributed by atoms with Gasteiger partial charge in [0.2, 0.25) is 0 Å². The van der Waals surface area contributed by atoms with E-state index >= 15 is 4.39 Å². The quantitative estimate of drug-likeness (QED) is 0.307. The number of ether oxygens (including phenoxy) is 1. The molecule has 1 aliphatic heterocycles. The fourth-order valence-corrected chi connectivity index (χ4v) is 5.63. The summed E-state index contributed by atoms with van der Waals surface area (Å²) in [6.45, 7) is 1.59. The number of phosphoric acid groups is 3. The molecule has 0 spiro atoms. The van der Waals surface area contributed by atoms with Crippen LogP contribution in [-0.4, -0.2) is 47.5 Å². The molecule has 30 heavy (non-hydrogen) atoms. The third kappa shape index (κ3) is 6.25. The molecule has 6 atom stereocenters. The Morgan fingerprint density at radius 2 is 1.87 bits per heavy atom. The van der Waals surface area contributed by atoms with E-state index in [1.807, 2.05) is 0 Å². The summed E-state index contributed by atoms with van der Waals surface area (Å²) < 4.78 is 66.8. The van der Waals surface area contributed by atoms with Crippen molar-refractivity contribution in [3.05, 3.63) is 22.7 Å². The van der Waals surface area contributed by atoms with Crippen LogP contribution in [0.4, 0.5) is 10.2 Å². The van der Waals surface area contributed by atoms with Crippen molar-refractivity contribution < 1.29 is 55.5 Å². The first-order valence-corrected chi connectivity index (χ1v) is 12.4. The largest absolute Gasteiger partial charge is 0.490 e. The van der Waals surface area contributed by atoms with Gasteiger partial charge >= 0.3 is 29.2 Å². The molecule has 1 saturated heterocycles. The van der Waals surface area contributed by atoms with Gasteiger partial charge in [-0.1, -0.05) is 6.92 Å². The summed E-state index contributed by atoms with van der Waals surface area (Å²) in [7, 11) is -16.6. The molecule has 0 bridgehead atoms. The molecule has 0 saturated carbocycles. The zero-order chi connectivity index (χ0) is 23.1. The number of nitrogens with two attached hydrogens (primary N) is 1. The number of nitrogen functional groups attached to an aromatic ring is 1. The van der Waals surface area contributed by atoms with Crippen LogP contribution in [-0.2, 0) is 31.6 Å². The van der Waals surface area contributed by atoms with Crippen LogP contribution < -0.4 is 11.4 Å². The van der Waals surface area contributed by atoms with Crippen LogP contribution in [0.5, 0.6) is 0 Å². The Bertz CT molecular complexity index is 995. The van der Waals surface area contributed by atoms with Crippen LogP contribution >= 0.6 is 23.5 Å². The van der Waals surface area contributed by atoms with Gasteiger partial charge in [-0.3, -0.25) is 9.09 Å². The first-order valence-electron chi connectivity index (χ1n) is 7.91. The molecule has 15 nitrogen and oxygen atoms in total. The Kier molecular flexibility index (Phi) is 7.14. The molecule has 19 heteroatoms. The lowest BCUT2D eigenvalue weighted by Gasteiger charge is -2.25. The number of nitrogens with zero attached hydrogens (tertiary/aromatic N) is 2. The molecule has 1 aromatic rings. The van der Waals surface area contributed by atoms with Gasteiger partial charge in [-0.25, -0.2) is 22.9 Å². The highest BCUT2D eigenvalue weighted by Gasteiger charge is 2.54. The lowest BCUT2D eigenvalue weighted by atomic mass is 9.90. The number of anilines is 1. The highest BCUT2D eigenvalue weighted by Crippen LogP contribution is 2.66. The van der Waals surface area contributed by atoms with E-state index in [-0.39, 0.29) is 5.82 Å². The van der Waals surface area contributed by atoms with E-state index in [0.29, 0.717) is 0 Å². The monoisotopic (exact) mass is 497 g/mol. The predicted molar refractivity (Wildman–Crippen MR) is 95.3 cm³/mol. The lowest BCUT2D eigenvalue weighted by molar-refractivity contribution is -0.0603. The summed E-state index contributed by atoms with van der Waals surface area (Å²) in [5.41, 5.74) is 2.28. The smallest absolute Gasteiger partial charge is 0.383 e. The third-order valence-electron chi connectivity index (χ3n) is 4.16. The molecule has 1 aromatic heterocycles. The lowest BCUT2D eigenvalue weighted by Crippen LogP contribution is -2.38. The Hall–Kier alpha value is -1.02. The highest BCUT2D eigenvalue weighted by atomic mass is 31.3.